The van der Waals surface area contributed by atoms with Gasteiger partial charge in [0.15, 0.2) is 0 Å². The summed E-state index contributed by atoms with van der Waals surface area (Å²) in [6.45, 7) is 3.82. The third-order valence-corrected chi connectivity index (χ3v) is 5.03. The standard InChI is InChI=1S/C16H20N2O2S/c1-12-8-4-5-9-14(12)13(2)18-21(19,20)16-11-7-6-10-15(16)17-3/h4-11,13,17-18H,1-3H3. The van der Waals surface area contributed by atoms with Gasteiger partial charge in [0.1, 0.15) is 4.90 Å². The maximum atomic E-state index is 12.6. The molecule has 21 heavy (non-hydrogen) atoms. The lowest BCUT2D eigenvalue weighted by Gasteiger charge is -2.18. The molecule has 0 heterocycles. The Morgan fingerprint density at radius 2 is 1.62 bits per heavy atom. The highest BCUT2D eigenvalue weighted by Gasteiger charge is 2.21. The first-order valence-electron chi connectivity index (χ1n) is 6.80. The summed E-state index contributed by atoms with van der Waals surface area (Å²) >= 11 is 0. The second-order valence-corrected chi connectivity index (χ2v) is 6.63. The normalized spacial score (nSPS) is 12.9. The lowest BCUT2D eigenvalue weighted by Crippen LogP contribution is -2.27. The van der Waals surface area contributed by atoms with E-state index in [1.807, 2.05) is 38.1 Å². The van der Waals surface area contributed by atoms with Crippen LogP contribution >= 0.6 is 0 Å². The molecule has 1 atom stereocenters. The summed E-state index contributed by atoms with van der Waals surface area (Å²) in [5, 5.41) is 2.91. The van der Waals surface area contributed by atoms with Gasteiger partial charge in [-0.05, 0) is 37.1 Å². The zero-order valence-electron chi connectivity index (χ0n) is 12.4. The van der Waals surface area contributed by atoms with Crippen LogP contribution < -0.4 is 10.0 Å². The van der Waals surface area contributed by atoms with Crippen molar-refractivity contribution in [1.29, 1.82) is 0 Å². The van der Waals surface area contributed by atoms with Crippen LogP contribution in [0.1, 0.15) is 24.1 Å². The van der Waals surface area contributed by atoms with Gasteiger partial charge < -0.3 is 5.32 Å². The van der Waals surface area contributed by atoms with Crippen LogP contribution in [0.25, 0.3) is 0 Å². The summed E-state index contributed by atoms with van der Waals surface area (Å²) in [6, 6.07) is 14.3. The van der Waals surface area contributed by atoms with E-state index in [1.54, 1.807) is 31.3 Å². The third-order valence-electron chi connectivity index (χ3n) is 3.43. The highest BCUT2D eigenvalue weighted by Crippen LogP contribution is 2.24. The summed E-state index contributed by atoms with van der Waals surface area (Å²) in [5.74, 6) is 0. The Bertz CT molecular complexity index is 727. The van der Waals surface area contributed by atoms with Gasteiger partial charge in [0.05, 0.1) is 5.69 Å². The van der Waals surface area contributed by atoms with E-state index in [0.717, 1.165) is 11.1 Å². The fraction of sp³-hybridized carbons (Fsp3) is 0.250. The molecule has 0 aliphatic rings. The third kappa shape index (κ3) is 3.43. The molecule has 0 aliphatic heterocycles. The predicted molar refractivity (Wildman–Crippen MR) is 85.9 cm³/mol. The molecule has 2 aromatic carbocycles. The number of nitrogens with one attached hydrogen (secondary N) is 2. The largest absolute Gasteiger partial charge is 0.387 e. The van der Waals surface area contributed by atoms with E-state index in [2.05, 4.69) is 10.0 Å². The molecule has 0 saturated carbocycles. The SMILES string of the molecule is CNc1ccccc1S(=O)(=O)NC(C)c1ccccc1C. The first kappa shape index (κ1) is 15.5. The number of hydrogen-bond donors (Lipinski definition) is 2. The Kier molecular flexibility index (Phi) is 4.65. The van der Waals surface area contributed by atoms with Crippen LogP contribution in [-0.2, 0) is 10.0 Å². The quantitative estimate of drug-likeness (QED) is 0.892. The van der Waals surface area contributed by atoms with Crippen LogP contribution in [0.3, 0.4) is 0 Å². The molecule has 5 heteroatoms. The van der Waals surface area contributed by atoms with Crippen LogP contribution in [0, 0.1) is 6.92 Å². The summed E-state index contributed by atoms with van der Waals surface area (Å²) in [6.07, 6.45) is 0. The number of hydrogen-bond acceptors (Lipinski definition) is 3. The molecule has 1 unspecified atom stereocenters. The number of benzene rings is 2. The van der Waals surface area contributed by atoms with Crippen molar-refractivity contribution >= 4 is 15.7 Å². The van der Waals surface area contributed by atoms with E-state index in [1.165, 1.54) is 0 Å². The summed E-state index contributed by atoms with van der Waals surface area (Å²) in [5.41, 5.74) is 2.62. The van der Waals surface area contributed by atoms with Crippen LogP contribution in [0.15, 0.2) is 53.4 Å². The molecule has 0 radical (unpaired) electrons. The summed E-state index contributed by atoms with van der Waals surface area (Å²) in [4.78, 5) is 0.257. The van der Waals surface area contributed by atoms with Gasteiger partial charge in [0.2, 0.25) is 10.0 Å². The summed E-state index contributed by atoms with van der Waals surface area (Å²) in [7, 11) is -1.87. The first-order valence-corrected chi connectivity index (χ1v) is 8.28. The molecule has 2 rings (SSSR count). The van der Waals surface area contributed by atoms with E-state index in [4.69, 9.17) is 0 Å². The van der Waals surface area contributed by atoms with E-state index >= 15 is 0 Å². The molecule has 0 spiro atoms. The monoisotopic (exact) mass is 304 g/mol. The lowest BCUT2D eigenvalue weighted by atomic mass is 10.0. The molecule has 0 saturated heterocycles. The molecule has 0 amide bonds. The van der Waals surface area contributed by atoms with Crippen molar-refractivity contribution in [1.82, 2.24) is 4.72 Å². The van der Waals surface area contributed by atoms with Crippen molar-refractivity contribution in [3.8, 4) is 0 Å². The molecule has 2 aromatic rings. The smallest absolute Gasteiger partial charge is 0.243 e. The minimum atomic E-state index is -3.58. The molecule has 0 aromatic heterocycles. The van der Waals surface area contributed by atoms with Crippen molar-refractivity contribution in [2.75, 3.05) is 12.4 Å². The highest BCUT2D eigenvalue weighted by atomic mass is 32.2. The number of para-hydroxylation sites is 1. The van der Waals surface area contributed by atoms with Crippen molar-refractivity contribution in [3.63, 3.8) is 0 Å². The number of anilines is 1. The predicted octanol–water partition coefficient (Wildman–Crippen LogP) is 3.08. The molecular formula is C16H20N2O2S. The van der Waals surface area contributed by atoms with Crippen molar-refractivity contribution in [2.24, 2.45) is 0 Å². The highest BCUT2D eigenvalue weighted by molar-refractivity contribution is 7.89. The molecular weight excluding hydrogens is 284 g/mol. The van der Waals surface area contributed by atoms with E-state index < -0.39 is 10.0 Å². The van der Waals surface area contributed by atoms with Gasteiger partial charge in [-0.1, -0.05) is 36.4 Å². The van der Waals surface area contributed by atoms with Gasteiger partial charge in [-0.3, -0.25) is 0 Å². The fourth-order valence-corrected chi connectivity index (χ4v) is 3.78. The Morgan fingerprint density at radius 1 is 1.00 bits per heavy atom. The Balaban J connectivity index is 2.32. The zero-order chi connectivity index (χ0) is 15.5. The summed E-state index contributed by atoms with van der Waals surface area (Å²) < 4.78 is 27.8. The van der Waals surface area contributed by atoms with Gasteiger partial charge >= 0.3 is 0 Å². The topological polar surface area (TPSA) is 58.2 Å². The average molecular weight is 304 g/mol. The van der Waals surface area contributed by atoms with Gasteiger partial charge in [-0.25, -0.2) is 13.1 Å². The molecule has 2 N–H and O–H groups in total. The molecule has 112 valence electrons. The van der Waals surface area contributed by atoms with Crippen LogP contribution in [0.5, 0.6) is 0 Å². The lowest BCUT2D eigenvalue weighted by molar-refractivity contribution is 0.567. The van der Waals surface area contributed by atoms with Gasteiger partial charge in [0, 0.05) is 13.1 Å². The van der Waals surface area contributed by atoms with Gasteiger partial charge in [-0.2, -0.15) is 0 Å². The van der Waals surface area contributed by atoms with Crippen LogP contribution in [0.2, 0.25) is 0 Å². The molecule has 0 bridgehead atoms. The minimum Gasteiger partial charge on any atom is -0.387 e. The first-order chi connectivity index (χ1) is 9.95. The van der Waals surface area contributed by atoms with Crippen molar-refractivity contribution < 1.29 is 8.42 Å². The van der Waals surface area contributed by atoms with Crippen molar-refractivity contribution in [3.05, 3.63) is 59.7 Å². The minimum absolute atomic E-state index is 0.257. The fourth-order valence-electron chi connectivity index (χ4n) is 2.34. The number of sulfonamides is 1. The van der Waals surface area contributed by atoms with E-state index in [9.17, 15) is 8.42 Å². The van der Waals surface area contributed by atoms with Crippen LogP contribution in [0.4, 0.5) is 5.69 Å². The average Bonchev–Trinajstić information content (AvgIpc) is 2.47. The molecule has 0 fully saturated rings. The Labute approximate surface area is 126 Å². The van der Waals surface area contributed by atoms with E-state index in [-0.39, 0.29) is 10.9 Å². The maximum Gasteiger partial charge on any atom is 0.243 e. The van der Waals surface area contributed by atoms with Gasteiger partial charge in [0.25, 0.3) is 0 Å². The molecule has 4 nitrogen and oxygen atoms in total. The Morgan fingerprint density at radius 3 is 2.29 bits per heavy atom. The van der Waals surface area contributed by atoms with Crippen molar-refractivity contribution in [2.45, 2.75) is 24.8 Å². The Hall–Kier alpha value is -1.85. The van der Waals surface area contributed by atoms with E-state index in [0.29, 0.717) is 5.69 Å². The zero-order valence-corrected chi connectivity index (χ0v) is 13.2. The van der Waals surface area contributed by atoms with Gasteiger partial charge in [-0.15, -0.1) is 0 Å². The van der Waals surface area contributed by atoms with Crippen LogP contribution in [-0.4, -0.2) is 15.5 Å². The maximum absolute atomic E-state index is 12.6. The second-order valence-electron chi connectivity index (χ2n) is 4.95. The number of rotatable bonds is 5. The second kappa shape index (κ2) is 6.28. The number of aryl methyl sites for hydroxylation is 1. The molecule has 0 aliphatic carbocycles.